The predicted molar refractivity (Wildman–Crippen MR) is 117 cm³/mol. The maximum Gasteiger partial charge on any atom is 0.230 e. The number of amides is 1. The van der Waals surface area contributed by atoms with Crippen molar-refractivity contribution < 1.29 is 23.7 Å². The van der Waals surface area contributed by atoms with E-state index in [0.29, 0.717) is 35.2 Å². The first kappa shape index (κ1) is 21.4. The number of methoxy groups -OCH3 is 3. The topological polar surface area (TPSA) is 78.9 Å². The van der Waals surface area contributed by atoms with E-state index in [1.807, 2.05) is 36.6 Å². The van der Waals surface area contributed by atoms with Gasteiger partial charge in [0.1, 0.15) is 10.8 Å². The molecule has 7 nitrogen and oxygen atoms in total. The Hall–Kier alpha value is -3.26. The molecule has 3 aromatic rings. The molecule has 0 spiro atoms. The second-order valence-electron chi connectivity index (χ2n) is 6.21. The Balaban J connectivity index is 1.74. The van der Waals surface area contributed by atoms with Crippen LogP contribution in [-0.4, -0.2) is 38.8 Å². The summed E-state index contributed by atoms with van der Waals surface area (Å²) in [5.41, 5.74) is 2.15. The number of nitrogens with one attached hydrogen (secondary N) is 1. The fourth-order valence-corrected chi connectivity index (χ4v) is 3.81. The molecule has 1 aromatic heterocycles. The van der Waals surface area contributed by atoms with Crippen LogP contribution in [0, 0.1) is 0 Å². The van der Waals surface area contributed by atoms with E-state index in [1.54, 1.807) is 12.1 Å². The van der Waals surface area contributed by atoms with E-state index < -0.39 is 0 Å². The smallest absolute Gasteiger partial charge is 0.230 e. The number of carbonyl (C=O) groups is 1. The summed E-state index contributed by atoms with van der Waals surface area (Å²) in [7, 11) is 4.59. The van der Waals surface area contributed by atoms with Gasteiger partial charge in [0.15, 0.2) is 11.5 Å². The summed E-state index contributed by atoms with van der Waals surface area (Å²) in [5.74, 6) is 1.99. The van der Waals surface area contributed by atoms with E-state index in [9.17, 15) is 4.79 Å². The van der Waals surface area contributed by atoms with E-state index >= 15 is 0 Å². The molecule has 158 valence electrons. The largest absolute Gasteiger partial charge is 0.493 e. The third-order valence-corrected chi connectivity index (χ3v) is 5.18. The van der Waals surface area contributed by atoms with Gasteiger partial charge in [-0.15, -0.1) is 11.3 Å². The molecule has 0 saturated heterocycles. The Morgan fingerprint density at radius 3 is 2.37 bits per heavy atom. The van der Waals surface area contributed by atoms with E-state index in [1.165, 1.54) is 32.7 Å². The highest BCUT2D eigenvalue weighted by Gasteiger charge is 2.16. The molecule has 3 rings (SSSR count). The first-order valence-electron chi connectivity index (χ1n) is 9.36. The number of hydrogen-bond acceptors (Lipinski definition) is 7. The molecule has 30 heavy (non-hydrogen) atoms. The van der Waals surface area contributed by atoms with Crippen LogP contribution in [0.5, 0.6) is 23.0 Å². The van der Waals surface area contributed by atoms with Crippen LogP contribution in [0.25, 0.3) is 10.6 Å². The van der Waals surface area contributed by atoms with Gasteiger partial charge in [-0.3, -0.25) is 4.79 Å². The summed E-state index contributed by atoms with van der Waals surface area (Å²) < 4.78 is 21.6. The van der Waals surface area contributed by atoms with Gasteiger partial charge in [-0.05, 0) is 19.1 Å². The molecule has 0 bridgehead atoms. The maximum absolute atomic E-state index is 12.6. The first-order chi connectivity index (χ1) is 14.6. The average molecular weight is 429 g/mol. The van der Waals surface area contributed by atoms with Gasteiger partial charge in [-0.2, -0.15) is 0 Å². The number of hydrogen-bond donors (Lipinski definition) is 1. The highest BCUT2D eigenvalue weighted by atomic mass is 32.1. The average Bonchev–Trinajstić information content (AvgIpc) is 3.21. The molecular formula is C22H24N2O5S. The Kier molecular flexibility index (Phi) is 7.13. The maximum atomic E-state index is 12.6. The number of thiazole rings is 1. The predicted octanol–water partition coefficient (Wildman–Crippen LogP) is 4.42. The summed E-state index contributed by atoms with van der Waals surface area (Å²) in [6.07, 6.45) is 0.143. The van der Waals surface area contributed by atoms with Crippen molar-refractivity contribution in [3.8, 4) is 33.6 Å². The fraction of sp³-hybridized carbons (Fsp3) is 0.273. The number of rotatable bonds is 9. The van der Waals surface area contributed by atoms with Crippen molar-refractivity contribution in [1.29, 1.82) is 0 Å². The Labute approximate surface area is 179 Å². The summed E-state index contributed by atoms with van der Waals surface area (Å²) >= 11 is 1.48. The molecule has 1 N–H and O–H groups in total. The van der Waals surface area contributed by atoms with Crippen LogP contribution in [0.4, 0.5) is 5.69 Å². The van der Waals surface area contributed by atoms with Gasteiger partial charge >= 0.3 is 0 Å². The molecule has 2 aromatic carbocycles. The molecule has 0 fully saturated rings. The van der Waals surface area contributed by atoms with Crippen LogP contribution in [-0.2, 0) is 11.2 Å². The van der Waals surface area contributed by atoms with Crippen LogP contribution in [0.2, 0.25) is 0 Å². The van der Waals surface area contributed by atoms with Gasteiger partial charge in [-0.25, -0.2) is 4.98 Å². The van der Waals surface area contributed by atoms with E-state index in [2.05, 4.69) is 10.3 Å². The number of nitrogens with zero attached hydrogens (tertiary/aromatic N) is 1. The van der Waals surface area contributed by atoms with Crippen LogP contribution < -0.4 is 24.3 Å². The zero-order chi connectivity index (χ0) is 21.5. The standard InChI is InChI=1S/C22H24N2O5S/c1-5-29-17-9-7-6-8-16(17)22-24-15(13-30-22)12-20(25)23-14-10-18(26-2)21(28-4)19(11-14)27-3/h6-11,13H,5,12H2,1-4H3,(H,23,25). The van der Waals surface area contributed by atoms with Crippen LogP contribution >= 0.6 is 11.3 Å². The summed E-state index contributed by atoms with van der Waals surface area (Å²) in [6.45, 7) is 2.52. The minimum absolute atomic E-state index is 0.143. The molecule has 0 atom stereocenters. The van der Waals surface area contributed by atoms with Crippen molar-refractivity contribution in [1.82, 2.24) is 4.98 Å². The Morgan fingerprint density at radius 2 is 1.73 bits per heavy atom. The lowest BCUT2D eigenvalue weighted by Gasteiger charge is -2.14. The highest BCUT2D eigenvalue weighted by molar-refractivity contribution is 7.13. The monoisotopic (exact) mass is 428 g/mol. The van der Waals surface area contributed by atoms with Crippen LogP contribution in [0.3, 0.4) is 0 Å². The van der Waals surface area contributed by atoms with Crippen LogP contribution in [0.15, 0.2) is 41.8 Å². The fourth-order valence-electron chi connectivity index (χ4n) is 2.96. The number of aromatic nitrogens is 1. The molecule has 8 heteroatoms. The number of carbonyl (C=O) groups excluding carboxylic acids is 1. The molecule has 1 heterocycles. The lowest BCUT2D eigenvalue weighted by molar-refractivity contribution is -0.115. The molecule has 0 unspecified atom stereocenters. The van der Waals surface area contributed by atoms with Gasteiger partial charge < -0.3 is 24.3 Å². The molecule has 0 aliphatic rings. The molecule has 0 radical (unpaired) electrons. The molecule has 1 amide bonds. The summed E-state index contributed by atoms with van der Waals surface area (Å²) in [5, 5.41) is 5.55. The van der Waals surface area contributed by atoms with Crippen molar-refractivity contribution in [3.05, 3.63) is 47.5 Å². The van der Waals surface area contributed by atoms with Crippen molar-refractivity contribution in [2.75, 3.05) is 33.3 Å². The van der Waals surface area contributed by atoms with Crippen molar-refractivity contribution in [2.45, 2.75) is 13.3 Å². The number of para-hydroxylation sites is 1. The lowest BCUT2D eigenvalue weighted by Crippen LogP contribution is -2.15. The molecule has 0 aliphatic heterocycles. The van der Waals surface area contributed by atoms with Crippen LogP contribution in [0.1, 0.15) is 12.6 Å². The van der Waals surface area contributed by atoms with Crippen molar-refractivity contribution in [3.63, 3.8) is 0 Å². The Morgan fingerprint density at radius 1 is 1.03 bits per heavy atom. The number of ether oxygens (including phenoxy) is 4. The van der Waals surface area contributed by atoms with Crippen molar-refractivity contribution in [2.24, 2.45) is 0 Å². The van der Waals surface area contributed by atoms with E-state index in [0.717, 1.165) is 16.3 Å². The number of benzene rings is 2. The second-order valence-corrected chi connectivity index (χ2v) is 7.07. The second kappa shape index (κ2) is 9.98. The number of anilines is 1. The zero-order valence-corrected chi connectivity index (χ0v) is 18.2. The van der Waals surface area contributed by atoms with Gasteiger partial charge in [-0.1, -0.05) is 12.1 Å². The van der Waals surface area contributed by atoms with E-state index in [4.69, 9.17) is 18.9 Å². The van der Waals surface area contributed by atoms with Gasteiger partial charge in [0.05, 0.1) is 45.6 Å². The van der Waals surface area contributed by atoms with E-state index in [-0.39, 0.29) is 12.3 Å². The van der Waals surface area contributed by atoms with Gasteiger partial charge in [0.25, 0.3) is 0 Å². The van der Waals surface area contributed by atoms with Gasteiger partial charge in [0.2, 0.25) is 11.7 Å². The summed E-state index contributed by atoms with van der Waals surface area (Å²) in [6, 6.07) is 11.1. The minimum Gasteiger partial charge on any atom is -0.493 e. The SMILES string of the molecule is CCOc1ccccc1-c1nc(CC(=O)Nc2cc(OC)c(OC)c(OC)c2)cs1. The van der Waals surface area contributed by atoms with Gasteiger partial charge in [0, 0.05) is 23.2 Å². The highest BCUT2D eigenvalue weighted by Crippen LogP contribution is 2.40. The third-order valence-electron chi connectivity index (χ3n) is 4.26. The normalized spacial score (nSPS) is 10.4. The zero-order valence-electron chi connectivity index (χ0n) is 17.4. The Bertz CT molecular complexity index is 993. The lowest BCUT2D eigenvalue weighted by atomic mass is 10.2. The van der Waals surface area contributed by atoms with Crippen molar-refractivity contribution >= 4 is 22.9 Å². The quantitative estimate of drug-likeness (QED) is 0.544. The minimum atomic E-state index is -0.195. The summed E-state index contributed by atoms with van der Waals surface area (Å²) in [4.78, 5) is 17.2. The first-order valence-corrected chi connectivity index (χ1v) is 10.2. The molecule has 0 saturated carbocycles. The molecule has 0 aliphatic carbocycles. The molecular weight excluding hydrogens is 404 g/mol. The third kappa shape index (κ3) is 4.83.